The van der Waals surface area contributed by atoms with Crippen molar-refractivity contribution in [3.8, 4) is 5.95 Å². The second-order valence-corrected chi connectivity index (χ2v) is 6.57. The van der Waals surface area contributed by atoms with Gasteiger partial charge in [-0.3, -0.25) is 9.78 Å². The van der Waals surface area contributed by atoms with Gasteiger partial charge in [0.25, 0.3) is 5.56 Å². The van der Waals surface area contributed by atoms with E-state index >= 15 is 0 Å². The number of nitrogens with zero attached hydrogens (tertiary/aromatic N) is 5. The van der Waals surface area contributed by atoms with Crippen LogP contribution in [0.5, 0.6) is 0 Å². The first-order chi connectivity index (χ1) is 13.6. The summed E-state index contributed by atoms with van der Waals surface area (Å²) in [6.45, 7) is 1.72. The molecule has 1 aromatic carbocycles. The summed E-state index contributed by atoms with van der Waals surface area (Å²) in [5.74, 6) is -0.0851. The number of carbonyl (C=O) groups excluding carboxylic acids is 1. The number of benzene rings is 1. The maximum Gasteiger partial charge on any atom is 0.339 e. The van der Waals surface area contributed by atoms with E-state index in [1.807, 2.05) is 36.4 Å². The van der Waals surface area contributed by atoms with Crippen molar-refractivity contribution in [2.24, 2.45) is 0 Å². The second-order valence-electron chi connectivity index (χ2n) is 6.57. The molecule has 0 fully saturated rings. The van der Waals surface area contributed by atoms with Crippen LogP contribution in [0.2, 0.25) is 0 Å². The molecule has 1 aliphatic rings. The van der Waals surface area contributed by atoms with Crippen molar-refractivity contribution in [2.45, 2.75) is 13.0 Å². The minimum Gasteiger partial charge on any atom is -0.465 e. The highest BCUT2D eigenvalue weighted by Gasteiger charge is 2.33. The number of carbonyl (C=O) groups is 1. The molecule has 4 aromatic rings. The molecule has 1 atom stereocenters. The maximum absolute atomic E-state index is 13.3. The number of aryl methyl sites for hydroxylation is 1. The van der Waals surface area contributed by atoms with Gasteiger partial charge in [0, 0.05) is 0 Å². The Morgan fingerprint density at radius 2 is 1.96 bits per heavy atom. The van der Waals surface area contributed by atoms with Crippen LogP contribution in [0.3, 0.4) is 0 Å². The van der Waals surface area contributed by atoms with E-state index in [1.54, 1.807) is 11.6 Å². The van der Waals surface area contributed by atoms with E-state index in [2.05, 4.69) is 15.1 Å². The molecule has 0 bridgehead atoms. The monoisotopic (exact) mass is 373 g/mol. The zero-order valence-electron chi connectivity index (χ0n) is 15.2. The first-order valence-corrected chi connectivity index (χ1v) is 8.70. The van der Waals surface area contributed by atoms with Crippen molar-refractivity contribution < 1.29 is 9.53 Å². The standard InChI is InChI=1S/C20H15N5O3/c1-11-13(19(27)28-2)8-14-15(23-11)9-16-17(12-6-4-3-5-7-12)25-20(21-10-22-25)24(16)18(14)26/h3-10,17H,1-2H3/t17-/m0/s1. The van der Waals surface area contributed by atoms with Crippen LogP contribution < -0.4 is 5.56 Å². The molecule has 5 rings (SSSR count). The summed E-state index contributed by atoms with van der Waals surface area (Å²) in [5.41, 5.74) is 2.73. The summed E-state index contributed by atoms with van der Waals surface area (Å²) in [6, 6.07) is 12.9. The highest BCUT2D eigenvalue weighted by Crippen LogP contribution is 2.34. The van der Waals surface area contributed by atoms with Crippen LogP contribution in [0.15, 0.2) is 53.6 Å². The average Bonchev–Trinajstić information content (AvgIpc) is 3.28. The van der Waals surface area contributed by atoms with Crippen LogP contribution in [-0.4, -0.2) is 37.4 Å². The Morgan fingerprint density at radius 3 is 2.71 bits per heavy atom. The van der Waals surface area contributed by atoms with Crippen molar-refractivity contribution in [1.29, 1.82) is 0 Å². The molecule has 8 nitrogen and oxygen atoms in total. The zero-order valence-corrected chi connectivity index (χ0v) is 15.2. The van der Waals surface area contributed by atoms with Crippen LogP contribution in [0.4, 0.5) is 0 Å². The van der Waals surface area contributed by atoms with Crippen LogP contribution in [0, 0.1) is 6.92 Å². The molecule has 0 amide bonds. The first-order valence-electron chi connectivity index (χ1n) is 8.70. The number of ether oxygens (including phenoxy) is 1. The summed E-state index contributed by atoms with van der Waals surface area (Å²) < 4.78 is 8.06. The Balaban J connectivity index is 1.84. The number of hydrogen-bond acceptors (Lipinski definition) is 6. The van der Waals surface area contributed by atoms with E-state index < -0.39 is 5.97 Å². The minimum absolute atomic E-state index is 0.270. The Morgan fingerprint density at radius 1 is 1.18 bits per heavy atom. The van der Waals surface area contributed by atoms with Crippen molar-refractivity contribution in [3.05, 3.63) is 81.7 Å². The lowest BCUT2D eigenvalue weighted by Crippen LogP contribution is -2.21. The fraction of sp³-hybridized carbons (Fsp3) is 0.150. The zero-order chi connectivity index (χ0) is 19.4. The molecule has 0 aliphatic carbocycles. The summed E-state index contributed by atoms with van der Waals surface area (Å²) in [7, 11) is 1.30. The van der Waals surface area contributed by atoms with Gasteiger partial charge in [-0.15, -0.1) is 0 Å². The highest BCUT2D eigenvalue weighted by atomic mass is 16.5. The lowest BCUT2D eigenvalue weighted by molar-refractivity contribution is 0.0599. The minimum atomic E-state index is -0.526. The number of fused-ring (bicyclic) bond motifs is 4. The van der Waals surface area contributed by atoms with Crippen molar-refractivity contribution in [3.63, 3.8) is 0 Å². The number of aromatic nitrogens is 5. The number of esters is 1. The predicted octanol–water partition coefficient (Wildman–Crippen LogP) is 2.02. The normalized spacial score (nSPS) is 14.7. The number of rotatable bonds is 2. The Labute approximate surface area is 159 Å². The molecule has 0 unspecified atom stereocenters. The Kier molecular flexibility index (Phi) is 3.42. The Bertz CT molecular complexity index is 1310. The van der Waals surface area contributed by atoms with Crippen LogP contribution >= 0.6 is 0 Å². The van der Waals surface area contributed by atoms with E-state index in [9.17, 15) is 9.59 Å². The summed E-state index contributed by atoms with van der Waals surface area (Å²) in [6.07, 6.45) is 1.43. The number of hydrogen-bond donors (Lipinski definition) is 0. The van der Waals surface area contributed by atoms with Crippen molar-refractivity contribution in [1.82, 2.24) is 24.3 Å². The van der Waals surface area contributed by atoms with Gasteiger partial charge in [0.1, 0.15) is 12.4 Å². The van der Waals surface area contributed by atoms with Gasteiger partial charge in [-0.05, 0) is 24.6 Å². The molecule has 0 spiro atoms. The third-order valence-electron chi connectivity index (χ3n) is 5.02. The molecule has 8 heteroatoms. The largest absolute Gasteiger partial charge is 0.465 e. The molecule has 28 heavy (non-hydrogen) atoms. The summed E-state index contributed by atoms with van der Waals surface area (Å²) in [4.78, 5) is 34.1. The molecular formula is C20H15N5O3. The van der Waals surface area contributed by atoms with Gasteiger partial charge in [-0.1, -0.05) is 30.3 Å². The molecule has 0 radical (unpaired) electrons. The summed E-state index contributed by atoms with van der Waals surface area (Å²) >= 11 is 0. The molecule has 4 heterocycles. The third kappa shape index (κ3) is 2.14. The quantitative estimate of drug-likeness (QED) is 0.440. The van der Waals surface area contributed by atoms with E-state index in [-0.39, 0.29) is 17.2 Å². The van der Waals surface area contributed by atoms with E-state index in [0.29, 0.717) is 22.5 Å². The average molecular weight is 373 g/mol. The Hall–Kier alpha value is -3.81. The lowest BCUT2D eigenvalue weighted by Gasteiger charge is -2.14. The van der Waals surface area contributed by atoms with Gasteiger partial charge in [0.15, 0.2) is 0 Å². The molecule has 0 N–H and O–H groups in total. The van der Waals surface area contributed by atoms with Gasteiger partial charge in [0.05, 0.1) is 35.0 Å². The van der Waals surface area contributed by atoms with Crippen LogP contribution in [0.25, 0.3) is 16.9 Å². The fourth-order valence-electron chi connectivity index (χ4n) is 3.73. The number of methoxy groups -OCH3 is 1. The molecule has 3 aromatic heterocycles. The molecule has 0 saturated heterocycles. The topological polar surface area (TPSA) is 91.9 Å². The summed E-state index contributed by atoms with van der Waals surface area (Å²) in [5, 5.41) is 4.66. The van der Waals surface area contributed by atoms with Gasteiger partial charge in [0.2, 0.25) is 5.95 Å². The fourth-order valence-corrected chi connectivity index (χ4v) is 3.73. The van der Waals surface area contributed by atoms with E-state index in [4.69, 9.17) is 4.74 Å². The molecule has 138 valence electrons. The molecule has 0 saturated carbocycles. The van der Waals surface area contributed by atoms with Crippen LogP contribution in [-0.2, 0) is 4.74 Å². The van der Waals surface area contributed by atoms with Crippen LogP contribution in [0.1, 0.15) is 33.4 Å². The maximum atomic E-state index is 13.3. The molecular weight excluding hydrogens is 358 g/mol. The first kappa shape index (κ1) is 16.4. The van der Waals surface area contributed by atoms with Gasteiger partial charge < -0.3 is 4.74 Å². The van der Waals surface area contributed by atoms with E-state index in [1.165, 1.54) is 24.1 Å². The highest BCUT2D eigenvalue weighted by molar-refractivity contribution is 5.95. The van der Waals surface area contributed by atoms with Gasteiger partial charge >= 0.3 is 5.97 Å². The van der Waals surface area contributed by atoms with Gasteiger partial charge in [-0.2, -0.15) is 10.1 Å². The smallest absolute Gasteiger partial charge is 0.339 e. The SMILES string of the molecule is COC(=O)c1cc2c(=O)n3c(cc2nc1C)[C@H](c1ccccc1)n1ncnc1-3. The van der Waals surface area contributed by atoms with Gasteiger partial charge in [-0.25, -0.2) is 14.0 Å². The predicted molar refractivity (Wildman–Crippen MR) is 101 cm³/mol. The third-order valence-corrected chi connectivity index (χ3v) is 5.02. The van der Waals surface area contributed by atoms with Crippen molar-refractivity contribution >= 4 is 16.9 Å². The lowest BCUT2D eigenvalue weighted by atomic mass is 10.0. The molecule has 1 aliphatic heterocycles. The van der Waals surface area contributed by atoms with E-state index in [0.717, 1.165) is 11.3 Å². The second kappa shape index (κ2) is 5.85. The number of pyridine rings is 2. The van der Waals surface area contributed by atoms with Crippen molar-refractivity contribution in [2.75, 3.05) is 7.11 Å².